The second kappa shape index (κ2) is 5.55. The first kappa shape index (κ1) is 10.9. The molecule has 1 atom stereocenters. The van der Waals surface area contributed by atoms with Crippen LogP contribution in [0.2, 0.25) is 0 Å². The van der Waals surface area contributed by atoms with Gasteiger partial charge in [0.05, 0.1) is 0 Å². The molecule has 0 fully saturated rings. The van der Waals surface area contributed by atoms with Crippen molar-refractivity contribution in [3.63, 3.8) is 0 Å². The maximum atomic E-state index is 11.5. The monoisotopic (exact) mass is 191 g/mol. The zero-order valence-corrected chi connectivity index (χ0v) is 8.57. The van der Waals surface area contributed by atoms with Gasteiger partial charge in [0, 0.05) is 18.9 Å². The van der Waals surface area contributed by atoms with Crippen LogP contribution in [0.4, 0.5) is 0 Å². The maximum absolute atomic E-state index is 11.5. The number of carbonyl (C=O) groups excluding carboxylic acids is 1. The third kappa shape index (κ3) is 3.30. The normalized spacial score (nSPS) is 12.4. The van der Waals surface area contributed by atoms with Crippen molar-refractivity contribution < 1.29 is 4.79 Å². The SMILES string of the molecule is CC(CN)C(=O)CCc1ccccc1. The minimum Gasteiger partial charge on any atom is -0.330 e. The van der Waals surface area contributed by atoms with E-state index in [0.717, 1.165) is 6.42 Å². The Bertz CT molecular complexity index is 282. The summed E-state index contributed by atoms with van der Waals surface area (Å²) in [7, 11) is 0. The first-order valence-electron chi connectivity index (χ1n) is 5.00. The van der Waals surface area contributed by atoms with E-state index in [1.165, 1.54) is 5.56 Å². The highest BCUT2D eigenvalue weighted by Crippen LogP contribution is 2.06. The van der Waals surface area contributed by atoms with E-state index in [4.69, 9.17) is 5.73 Å². The summed E-state index contributed by atoms with van der Waals surface area (Å²) in [5.74, 6) is 0.259. The van der Waals surface area contributed by atoms with Crippen LogP contribution in [0.15, 0.2) is 30.3 Å². The molecule has 76 valence electrons. The van der Waals surface area contributed by atoms with Gasteiger partial charge in [0.2, 0.25) is 0 Å². The van der Waals surface area contributed by atoms with E-state index in [-0.39, 0.29) is 11.7 Å². The summed E-state index contributed by atoms with van der Waals surface area (Å²) < 4.78 is 0. The molecule has 14 heavy (non-hydrogen) atoms. The zero-order valence-electron chi connectivity index (χ0n) is 8.57. The lowest BCUT2D eigenvalue weighted by Crippen LogP contribution is -2.20. The lowest BCUT2D eigenvalue weighted by molar-refractivity contribution is -0.122. The van der Waals surface area contributed by atoms with Crippen LogP contribution >= 0.6 is 0 Å². The molecule has 0 saturated carbocycles. The molecule has 0 amide bonds. The van der Waals surface area contributed by atoms with Crippen LogP contribution in [0.5, 0.6) is 0 Å². The van der Waals surface area contributed by atoms with E-state index < -0.39 is 0 Å². The second-order valence-corrected chi connectivity index (χ2v) is 3.59. The standard InChI is InChI=1S/C12H17NO/c1-10(9-13)12(14)8-7-11-5-3-2-4-6-11/h2-6,10H,7-9,13H2,1H3. The molecule has 1 aromatic rings. The van der Waals surface area contributed by atoms with Crippen LogP contribution in [0.3, 0.4) is 0 Å². The van der Waals surface area contributed by atoms with Crippen molar-refractivity contribution in [1.82, 2.24) is 0 Å². The Labute approximate surface area is 85.1 Å². The highest BCUT2D eigenvalue weighted by Gasteiger charge is 2.10. The van der Waals surface area contributed by atoms with Gasteiger partial charge in [0.15, 0.2) is 0 Å². The summed E-state index contributed by atoms with van der Waals surface area (Å²) in [5.41, 5.74) is 6.63. The molecular formula is C12H17NO. The molecule has 0 saturated heterocycles. The van der Waals surface area contributed by atoms with Crippen LogP contribution in [0.1, 0.15) is 18.9 Å². The van der Waals surface area contributed by atoms with E-state index >= 15 is 0 Å². The highest BCUT2D eigenvalue weighted by molar-refractivity contribution is 5.81. The predicted molar refractivity (Wildman–Crippen MR) is 58.0 cm³/mol. The quantitative estimate of drug-likeness (QED) is 0.771. The van der Waals surface area contributed by atoms with Crippen molar-refractivity contribution in [2.45, 2.75) is 19.8 Å². The van der Waals surface area contributed by atoms with Crippen LogP contribution in [0.25, 0.3) is 0 Å². The Morgan fingerprint density at radius 2 is 2.00 bits per heavy atom. The molecule has 1 rings (SSSR count). The first-order valence-corrected chi connectivity index (χ1v) is 5.00. The number of ketones is 1. The highest BCUT2D eigenvalue weighted by atomic mass is 16.1. The van der Waals surface area contributed by atoms with Crippen molar-refractivity contribution in [2.24, 2.45) is 11.7 Å². The number of rotatable bonds is 5. The molecule has 0 aliphatic rings. The average molecular weight is 191 g/mol. The zero-order chi connectivity index (χ0) is 10.4. The van der Waals surface area contributed by atoms with Crippen molar-refractivity contribution in [1.29, 1.82) is 0 Å². The van der Waals surface area contributed by atoms with Crippen LogP contribution < -0.4 is 5.73 Å². The van der Waals surface area contributed by atoms with Gasteiger partial charge in [-0.3, -0.25) is 4.79 Å². The lowest BCUT2D eigenvalue weighted by Gasteiger charge is -2.06. The molecule has 1 unspecified atom stereocenters. The summed E-state index contributed by atoms with van der Waals surface area (Å²) >= 11 is 0. The van der Waals surface area contributed by atoms with E-state index in [9.17, 15) is 4.79 Å². The van der Waals surface area contributed by atoms with Gasteiger partial charge in [0.25, 0.3) is 0 Å². The lowest BCUT2D eigenvalue weighted by atomic mass is 10.00. The van der Waals surface area contributed by atoms with Crippen molar-refractivity contribution in [2.75, 3.05) is 6.54 Å². The molecule has 2 N–H and O–H groups in total. The average Bonchev–Trinajstić information content (AvgIpc) is 2.26. The molecule has 0 heterocycles. The fourth-order valence-corrected chi connectivity index (χ4v) is 1.29. The van der Waals surface area contributed by atoms with E-state index in [2.05, 4.69) is 0 Å². The van der Waals surface area contributed by atoms with Crippen LogP contribution in [-0.4, -0.2) is 12.3 Å². The molecule has 2 heteroatoms. The van der Waals surface area contributed by atoms with Gasteiger partial charge in [-0.15, -0.1) is 0 Å². The van der Waals surface area contributed by atoms with Gasteiger partial charge in [-0.2, -0.15) is 0 Å². The van der Waals surface area contributed by atoms with Crippen molar-refractivity contribution >= 4 is 5.78 Å². The largest absolute Gasteiger partial charge is 0.330 e. The van der Waals surface area contributed by atoms with Gasteiger partial charge in [0.1, 0.15) is 5.78 Å². The molecule has 2 nitrogen and oxygen atoms in total. The van der Waals surface area contributed by atoms with Crippen molar-refractivity contribution in [3.8, 4) is 0 Å². The van der Waals surface area contributed by atoms with E-state index in [1.807, 2.05) is 37.3 Å². The first-order chi connectivity index (χ1) is 6.74. The topological polar surface area (TPSA) is 43.1 Å². The summed E-state index contributed by atoms with van der Waals surface area (Å²) in [6.45, 7) is 2.33. The third-order valence-corrected chi connectivity index (χ3v) is 2.41. The summed E-state index contributed by atoms with van der Waals surface area (Å²) in [6, 6.07) is 10.0. The number of Topliss-reactive ketones (excluding diaryl/α,β-unsaturated/α-hetero) is 1. The van der Waals surface area contributed by atoms with E-state index in [1.54, 1.807) is 0 Å². The number of benzene rings is 1. The van der Waals surface area contributed by atoms with Crippen LogP contribution in [-0.2, 0) is 11.2 Å². The molecule has 1 aromatic carbocycles. The molecule has 0 spiro atoms. The Balaban J connectivity index is 2.38. The Morgan fingerprint density at radius 3 is 2.57 bits per heavy atom. The Hall–Kier alpha value is -1.15. The minimum atomic E-state index is -0.00119. The van der Waals surface area contributed by atoms with Gasteiger partial charge in [-0.05, 0) is 12.0 Å². The van der Waals surface area contributed by atoms with Gasteiger partial charge >= 0.3 is 0 Å². The van der Waals surface area contributed by atoms with Crippen molar-refractivity contribution in [3.05, 3.63) is 35.9 Å². The smallest absolute Gasteiger partial charge is 0.137 e. The molecule has 0 bridgehead atoms. The summed E-state index contributed by atoms with van der Waals surface area (Å²) in [5, 5.41) is 0. The number of hydrogen-bond acceptors (Lipinski definition) is 2. The number of nitrogens with two attached hydrogens (primary N) is 1. The fraction of sp³-hybridized carbons (Fsp3) is 0.417. The molecule has 0 aliphatic heterocycles. The van der Waals surface area contributed by atoms with Gasteiger partial charge in [-0.1, -0.05) is 37.3 Å². The molecule has 0 radical (unpaired) electrons. The number of carbonyl (C=O) groups is 1. The minimum absolute atomic E-state index is 0.00119. The van der Waals surface area contributed by atoms with Gasteiger partial charge in [-0.25, -0.2) is 0 Å². The summed E-state index contributed by atoms with van der Waals surface area (Å²) in [6.07, 6.45) is 1.42. The number of hydrogen-bond donors (Lipinski definition) is 1. The predicted octanol–water partition coefficient (Wildman–Crippen LogP) is 1.78. The molecule has 0 aliphatic carbocycles. The molecule has 0 aromatic heterocycles. The second-order valence-electron chi connectivity index (χ2n) is 3.59. The Kier molecular flexibility index (Phi) is 4.33. The number of aryl methyl sites for hydroxylation is 1. The van der Waals surface area contributed by atoms with E-state index in [0.29, 0.717) is 13.0 Å². The molecular weight excluding hydrogens is 174 g/mol. The fourth-order valence-electron chi connectivity index (χ4n) is 1.29. The maximum Gasteiger partial charge on any atom is 0.137 e. The third-order valence-electron chi connectivity index (χ3n) is 2.41. The summed E-state index contributed by atoms with van der Waals surface area (Å²) in [4.78, 5) is 11.5. The van der Waals surface area contributed by atoms with Gasteiger partial charge < -0.3 is 5.73 Å². The Morgan fingerprint density at radius 1 is 1.36 bits per heavy atom. The van der Waals surface area contributed by atoms with Crippen LogP contribution in [0, 0.1) is 5.92 Å².